The van der Waals surface area contributed by atoms with E-state index in [0.29, 0.717) is 0 Å². The molecule has 1 atom stereocenters. The van der Waals surface area contributed by atoms with Crippen molar-refractivity contribution in [2.45, 2.75) is 46.2 Å². The molecule has 0 aliphatic heterocycles. The summed E-state index contributed by atoms with van der Waals surface area (Å²) < 4.78 is 3.16. The van der Waals surface area contributed by atoms with E-state index in [-0.39, 0.29) is 6.04 Å². The molecule has 0 spiro atoms. The van der Waals surface area contributed by atoms with E-state index < -0.39 is 0 Å². The maximum absolute atomic E-state index is 6.40. The molecule has 4 heteroatoms. The molecule has 20 heavy (non-hydrogen) atoms. The van der Waals surface area contributed by atoms with Crippen LogP contribution in [0.3, 0.4) is 0 Å². The lowest BCUT2D eigenvalue weighted by atomic mass is 9.98. The summed E-state index contributed by atoms with van der Waals surface area (Å²) in [6.07, 6.45) is 1.79. The van der Waals surface area contributed by atoms with Gasteiger partial charge in [-0.15, -0.1) is 0 Å². The molecule has 0 radical (unpaired) electrons. The fourth-order valence-corrected chi connectivity index (χ4v) is 2.99. The SMILES string of the molecule is CCc1cc(CC(N)c2ccc(Br)cc2C)n(CC)n1. The number of aryl methyl sites for hydroxylation is 3. The first-order valence-electron chi connectivity index (χ1n) is 7.12. The van der Waals surface area contributed by atoms with Gasteiger partial charge in [-0.25, -0.2) is 0 Å². The Kier molecular flexibility index (Phi) is 5.00. The van der Waals surface area contributed by atoms with E-state index in [1.165, 1.54) is 16.8 Å². The Morgan fingerprint density at radius 2 is 2.05 bits per heavy atom. The van der Waals surface area contributed by atoms with Gasteiger partial charge in [0.15, 0.2) is 0 Å². The van der Waals surface area contributed by atoms with Crippen LogP contribution in [0.4, 0.5) is 0 Å². The molecule has 3 nitrogen and oxygen atoms in total. The van der Waals surface area contributed by atoms with Crippen molar-refractivity contribution in [3.05, 3.63) is 51.3 Å². The highest BCUT2D eigenvalue weighted by atomic mass is 79.9. The molecule has 2 N–H and O–H groups in total. The fraction of sp³-hybridized carbons (Fsp3) is 0.438. The summed E-state index contributed by atoms with van der Waals surface area (Å²) in [4.78, 5) is 0. The molecular weight excluding hydrogens is 314 g/mol. The van der Waals surface area contributed by atoms with Gasteiger partial charge in [0, 0.05) is 29.2 Å². The van der Waals surface area contributed by atoms with Crippen molar-refractivity contribution >= 4 is 15.9 Å². The Bertz CT molecular complexity index is 589. The number of aromatic nitrogens is 2. The van der Waals surface area contributed by atoms with Gasteiger partial charge >= 0.3 is 0 Å². The summed E-state index contributed by atoms with van der Waals surface area (Å²) in [6, 6.07) is 8.46. The first-order chi connectivity index (χ1) is 9.55. The highest BCUT2D eigenvalue weighted by Gasteiger charge is 2.14. The zero-order valence-corrected chi connectivity index (χ0v) is 13.9. The molecule has 0 amide bonds. The number of hydrogen-bond donors (Lipinski definition) is 1. The number of nitrogens with zero attached hydrogens (tertiary/aromatic N) is 2. The third kappa shape index (κ3) is 3.30. The van der Waals surface area contributed by atoms with E-state index in [2.05, 4.69) is 70.7 Å². The van der Waals surface area contributed by atoms with Gasteiger partial charge in [0.2, 0.25) is 0 Å². The Labute approximate surface area is 129 Å². The highest BCUT2D eigenvalue weighted by Crippen LogP contribution is 2.23. The van der Waals surface area contributed by atoms with Crippen molar-refractivity contribution in [2.75, 3.05) is 0 Å². The maximum Gasteiger partial charge on any atom is 0.0624 e. The van der Waals surface area contributed by atoms with E-state index >= 15 is 0 Å². The maximum atomic E-state index is 6.40. The molecule has 0 fully saturated rings. The molecule has 1 unspecified atom stereocenters. The first kappa shape index (κ1) is 15.3. The third-order valence-corrected chi connectivity index (χ3v) is 4.13. The smallest absolute Gasteiger partial charge is 0.0624 e. The van der Waals surface area contributed by atoms with Gasteiger partial charge in [0.1, 0.15) is 0 Å². The Balaban J connectivity index is 2.22. The minimum absolute atomic E-state index is 0.00908. The number of nitrogens with two attached hydrogens (primary N) is 1. The zero-order valence-electron chi connectivity index (χ0n) is 12.4. The van der Waals surface area contributed by atoms with Gasteiger partial charge in [-0.1, -0.05) is 28.9 Å². The van der Waals surface area contributed by atoms with E-state index in [0.717, 1.165) is 29.6 Å². The van der Waals surface area contributed by atoms with Crippen molar-refractivity contribution in [1.29, 1.82) is 0 Å². The zero-order chi connectivity index (χ0) is 14.7. The van der Waals surface area contributed by atoms with Gasteiger partial charge < -0.3 is 5.73 Å². The molecule has 1 aromatic heterocycles. The lowest BCUT2D eigenvalue weighted by Gasteiger charge is -2.15. The minimum Gasteiger partial charge on any atom is -0.324 e. The van der Waals surface area contributed by atoms with Crippen LogP contribution in [0.15, 0.2) is 28.7 Å². The molecular formula is C16H22BrN3. The van der Waals surface area contributed by atoms with Gasteiger partial charge in [-0.2, -0.15) is 5.10 Å². The predicted octanol–water partition coefficient (Wildman–Crippen LogP) is 3.78. The normalized spacial score (nSPS) is 12.7. The molecule has 108 valence electrons. The summed E-state index contributed by atoms with van der Waals surface area (Å²) in [7, 11) is 0. The monoisotopic (exact) mass is 335 g/mol. The molecule has 0 saturated heterocycles. The van der Waals surface area contributed by atoms with Gasteiger partial charge in [0.05, 0.1) is 5.69 Å². The van der Waals surface area contributed by atoms with Crippen molar-refractivity contribution < 1.29 is 0 Å². The Morgan fingerprint density at radius 3 is 2.65 bits per heavy atom. The number of halogens is 1. The second-order valence-electron chi connectivity index (χ2n) is 5.11. The number of rotatable bonds is 5. The number of hydrogen-bond acceptors (Lipinski definition) is 2. The quantitative estimate of drug-likeness (QED) is 0.903. The summed E-state index contributed by atoms with van der Waals surface area (Å²) in [6.45, 7) is 7.24. The number of benzene rings is 1. The second-order valence-corrected chi connectivity index (χ2v) is 6.02. The van der Waals surface area contributed by atoms with Crippen LogP contribution in [0.2, 0.25) is 0 Å². The Hall–Kier alpha value is -1.13. The first-order valence-corrected chi connectivity index (χ1v) is 7.91. The molecule has 0 bridgehead atoms. The van der Waals surface area contributed by atoms with Gasteiger partial charge in [-0.05, 0) is 49.6 Å². The fourth-order valence-electron chi connectivity index (χ4n) is 2.52. The lowest BCUT2D eigenvalue weighted by Crippen LogP contribution is -2.17. The van der Waals surface area contributed by atoms with Crippen LogP contribution in [0.1, 0.15) is 42.4 Å². The van der Waals surface area contributed by atoms with E-state index in [1.54, 1.807) is 0 Å². The van der Waals surface area contributed by atoms with E-state index in [4.69, 9.17) is 5.73 Å². The molecule has 0 aliphatic rings. The summed E-state index contributed by atoms with van der Waals surface area (Å²) in [5, 5.41) is 4.58. The van der Waals surface area contributed by atoms with Crippen LogP contribution in [0.5, 0.6) is 0 Å². The van der Waals surface area contributed by atoms with E-state index in [1.807, 2.05) is 0 Å². The molecule has 0 saturated carbocycles. The topological polar surface area (TPSA) is 43.8 Å². The third-order valence-electron chi connectivity index (χ3n) is 3.64. The average Bonchev–Trinajstić information content (AvgIpc) is 2.80. The van der Waals surface area contributed by atoms with Gasteiger partial charge in [0.25, 0.3) is 0 Å². The van der Waals surface area contributed by atoms with Gasteiger partial charge in [-0.3, -0.25) is 4.68 Å². The average molecular weight is 336 g/mol. The highest BCUT2D eigenvalue weighted by molar-refractivity contribution is 9.10. The molecule has 0 aliphatic carbocycles. The second kappa shape index (κ2) is 6.55. The summed E-state index contributed by atoms with van der Waals surface area (Å²) >= 11 is 3.49. The molecule has 2 rings (SSSR count). The van der Waals surface area contributed by atoms with Crippen LogP contribution < -0.4 is 5.73 Å². The summed E-state index contributed by atoms with van der Waals surface area (Å²) in [5.74, 6) is 0. The van der Waals surface area contributed by atoms with Crippen molar-refractivity contribution in [3.63, 3.8) is 0 Å². The predicted molar refractivity (Wildman–Crippen MR) is 86.8 cm³/mol. The summed E-state index contributed by atoms with van der Waals surface area (Å²) in [5.41, 5.74) is 11.2. The minimum atomic E-state index is 0.00908. The molecule has 1 heterocycles. The van der Waals surface area contributed by atoms with Crippen LogP contribution in [0, 0.1) is 6.92 Å². The van der Waals surface area contributed by atoms with Crippen LogP contribution >= 0.6 is 15.9 Å². The Morgan fingerprint density at radius 1 is 1.30 bits per heavy atom. The van der Waals surface area contributed by atoms with E-state index in [9.17, 15) is 0 Å². The van der Waals surface area contributed by atoms with Crippen LogP contribution in [-0.4, -0.2) is 9.78 Å². The lowest BCUT2D eigenvalue weighted by molar-refractivity contribution is 0.584. The van der Waals surface area contributed by atoms with Crippen molar-refractivity contribution in [3.8, 4) is 0 Å². The molecule has 1 aromatic carbocycles. The molecule has 2 aromatic rings. The van der Waals surface area contributed by atoms with Crippen LogP contribution in [0.25, 0.3) is 0 Å². The largest absolute Gasteiger partial charge is 0.324 e. The van der Waals surface area contributed by atoms with Crippen molar-refractivity contribution in [2.24, 2.45) is 5.73 Å². The van der Waals surface area contributed by atoms with Crippen molar-refractivity contribution in [1.82, 2.24) is 9.78 Å². The van der Waals surface area contributed by atoms with Crippen LogP contribution in [-0.2, 0) is 19.4 Å². The standard InChI is InChI=1S/C16H22BrN3/c1-4-13-9-14(20(5-2)19-13)10-16(18)15-7-6-12(17)8-11(15)3/h6-9,16H,4-5,10,18H2,1-3H3.